The van der Waals surface area contributed by atoms with Gasteiger partial charge in [-0.25, -0.2) is 0 Å². The lowest BCUT2D eigenvalue weighted by atomic mass is 9.92. The number of rotatable bonds is 3. The second kappa shape index (κ2) is 5.35. The molecule has 82 valence electrons. The van der Waals surface area contributed by atoms with Crippen molar-refractivity contribution in [3.63, 3.8) is 0 Å². The van der Waals surface area contributed by atoms with Crippen molar-refractivity contribution < 1.29 is 9.53 Å². The largest absolute Gasteiger partial charge is 0.465 e. The fraction of sp³-hybridized carbons (Fsp3) is 0.909. The Morgan fingerprint density at radius 3 is 2.43 bits per heavy atom. The number of carbonyl (C=O) groups excluding carboxylic acids is 1. The molecule has 3 nitrogen and oxygen atoms in total. The van der Waals surface area contributed by atoms with Crippen LogP contribution in [0.2, 0.25) is 0 Å². The molecule has 1 rings (SSSR count). The maximum absolute atomic E-state index is 11.3. The van der Waals surface area contributed by atoms with Gasteiger partial charge in [-0.1, -0.05) is 13.8 Å². The Hall–Kier alpha value is -0.570. The molecule has 0 aliphatic carbocycles. The molecule has 0 aromatic rings. The molecule has 0 aromatic carbocycles. The van der Waals surface area contributed by atoms with Crippen LogP contribution in [0.4, 0.5) is 0 Å². The first kappa shape index (κ1) is 11.5. The number of esters is 1. The summed E-state index contributed by atoms with van der Waals surface area (Å²) in [4.78, 5) is 13.5. The molecule has 1 aliphatic rings. The van der Waals surface area contributed by atoms with Gasteiger partial charge in [0.05, 0.1) is 13.2 Å². The highest BCUT2D eigenvalue weighted by molar-refractivity contribution is 5.71. The van der Waals surface area contributed by atoms with Gasteiger partial charge in [0.25, 0.3) is 0 Å². The molecule has 1 saturated heterocycles. The van der Waals surface area contributed by atoms with Crippen molar-refractivity contribution in [2.45, 2.75) is 27.2 Å². The van der Waals surface area contributed by atoms with Crippen LogP contribution in [0.5, 0.6) is 0 Å². The molecule has 0 radical (unpaired) electrons. The van der Waals surface area contributed by atoms with Crippen LogP contribution in [0, 0.1) is 11.8 Å². The van der Waals surface area contributed by atoms with Crippen LogP contribution in [0.1, 0.15) is 27.2 Å². The van der Waals surface area contributed by atoms with Crippen LogP contribution >= 0.6 is 0 Å². The van der Waals surface area contributed by atoms with E-state index >= 15 is 0 Å². The molecule has 1 heterocycles. The lowest BCUT2D eigenvalue weighted by Crippen LogP contribution is -2.41. The Kier molecular flexibility index (Phi) is 4.39. The predicted octanol–water partition coefficient (Wildman–Crippen LogP) is 1.53. The van der Waals surface area contributed by atoms with E-state index in [1.807, 2.05) is 6.92 Å². The zero-order chi connectivity index (χ0) is 10.6. The van der Waals surface area contributed by atoms with Crippen molar-refractivity contribution in [3.05, 3.63) is 0 Å². The standard InChI is InChI=1S/C11H21NO2/c1-4-14-11(13)8-12-6-9(2)5-10(3)7-12/h9-10H,4-8H2,1-3H3/t9-,10-/m0/s1. The zero-order valence-corrected chi connectivity index (χ0v) is 9.45. The lowest BCUT2D eigenvalue weighted by molar-refractivity contribution is -0.145. The molecule has 0 amide bonds. The number of ether oxygens (including phenoxy) is 1. The summed E-state index contributed by atoms with van der Waals surface area (Å²) in [6, 6.07) is 0. The van der Waals surface area contributed by atoms with Gasteiger partial charge in [0.1, 0.15) is 0 Å². The number of likely N-dealkylation sites (tertiary alicyclic amines) is 1. The summed E-state index contributed by atoms with van der Waals surface area (Å²) < 4.78 is 4.93. The summed E-state index contributed by atoms with van der Waals surface area (Å²) in [5, 5.41) is 0. The van der Waals surface area contributed by atoms with Gasteiger partial charge in [-0.3, -0.25) is 9.69 Å². The van der Waals surface area contributed by atoms with E-state index < -0.39 is 0 Å². The third-order valence-corrected chi connectivity index (χ3v) is 2.60. The summed E-state index contributed by atoms with van der Waals surface area (Å²) in [5.74, 6) is 1.31. The fourth-order valence-electron chi connectivity index (χ4n) is 2.31. The van der Waals surface area contributed by atoms with Crippen LogP contribution in [0.15, 0.2) is 0 Å². The highest BCUT2D eigenvalue weighted by Gasteiger charge is 2.23. The summed E-state index contributed by atoms with van der Waals surface area (Å²) in [7, 11) is 0. The van der Waals surface area contributed by atoms with E-state index in [2.05, 4.69) is 18.7 Å². The first-order valence-electron chi connectivity index (χ1n) is 5.49. The molecule has 2 atom stereocenters. The van der Waals surface area contributed by atoms with Gasteiger partial charge in [0.15, 0.2) is 0 Å². The molecule has 0 bridgehead atoms. The third kappa shape index (κ3) is 3.66. The van der Waals surface area contributed by atoms with Gasteiger partial charge in [-0.15, -0.1) is 0 Å². The van der Waals surface area contributed by atoms with Crippen LogP contribution in [0.3, 0.4) is 0 Å². The number of carbonyl (C=O) groups is 1. The highest BCUT2D eigenvalue weighted by Crippen LogP contribution is 2.20. The zero-order valence-electron chi connectivity index (χ0n) is 9.45. The molecule has 0 aromatic heterocycles. The van der Waals surface area contributed by atoms with Crippen LogP contribution in [-0.4, -0.2) is 37.1 Å². The maximum Gasteiger partial charge on any atom is 0.320 e. The van der Waals surface area contributed by atoms with Gasteiger partial charge in [0, 0.05) is 13.1 Å². The van der Waals surface area contributed by atoms with E-state index in [0.717, 1.165) is 13.1 Å². The molecule has 3 heteroatoms. The monoisotopic (exact) mass is 199 g/mol. The molecule has 0 N–H and O–H groups in total. The Bertz CT molecular complexity index is 184. The van der Waals surface area contributed by atoms with Crippen LogP contribution < -0.4 is 0 Å². The number of piperidine rings is 1. The smallest absolute Gasteiger partial charge is 0.320 e. The quantitative estimate of drug-likeness (QED) is 0.646. The Morgan fingerprint density at radius 2 is 1.93 bits per heavy atom. The second-order valence-electron chi connectivity index (χ2n) is 4.45. The van der Waals surface area contributed by atoms with E-state index in [-0.39, 0.29) is 5.97 Å². The average molecular weight is 199 g/mol. The molecule has 1 fully saturated rings. The maximum atomic E-state index is 11.3. The lowest BCUT2D eigenvalue weighted by Gasteiger charge is -2.34. The van der Waals surface area contributed by atoms with Gasteiger partial charge in [-0.2, -0.15) is 0 Å². The SMILES string of the molecule is CCOC(=O)CN1C[C@@H](C)C[C@H](C)C1. The number of hydrogen-bond donors (Lipinski definition) is 0. The van der Waals surface area contributed by atoms with Gasteiger partial charge in [-0.05, 0) is 25.2 Å². The Labute approximate surface area is 86.4 Å². The summed E-state index contributed by atoms with van der Waals surface area (Å²) in [6.45, 7) is 9.34. The summed E-state index contributed by atoms with van der Waals surface area (Å²) >= 11 is 0. The van der Waals surface area contributed by atoms with Crippen LogP contribution in [-0.2, 0) is 9.53 Å². The molecule has 0 unspecified atom stereocenters. The van der Waals surface area contributed by atoms with Crippen molar-refractivity contribution in [2.24, 2.45) is 11.8 Å². The molecule has 1 aliphatic heterocycles. The van der Waals surface area contributed by atoms with E-state index in [0.29, 0.717) is 25.0 Å². The number of nitrogens with zero attached hydrogens (tertiary/aromatic N) is 1. The van der Waals surface area contributed by atoms with Crippen molar-refractivity contribution in [1.29, 1.82) is 0 Å². The molecule has 0 saturated carbocycles. The van der Waals surface area contributed by atoms with Gasteiger partial charge >= 0.3 is 5.97 Å². The van der Waals surface area contributed by atoms with Gasteiger partial charge in [0.2, 0.25) is 0 Å². The summed E-state index contributed by atoms with van der Waals surface area (Å²) in [5.41, 5.74) is 0. The first-order valence-corrected chi connectivity index (χ1v) is 5.49. The minimum Gasteiger partial charge on any atom is -0.465 e. The van der Waals surface area contributed by atoms with Crippen LogP contribution in [0.25, 0.3) is 0 Å². The molecular weight excluding hydrogens is 178 g/mol. The minimum absolute atomic E-state index is 0.0891. The van der Waals surface area contributed by atoms with Crippen molar-refractivity contribution in [2.75, 3.05) is 26.2 Å². The molecule has 0 spiro atoms. The third-order valence-electron chi connectivity index (χ3n) is 2.60. The number of hydrogen-bond acceptors (Lipinski definition) is 3. The van der Waals surface area contributed by atoms with Crippen molar-refractivity contribution >= 4 is 5.97 Å². The summed E-state index contributed by atoms with van der Waals surface area (Å²) in [6.07, 6.45) is 1.28. The Morgan fingerprint density at radius 1 is 1.36 bits per heavy atom. The van der Waals surface area contributed by atoms with E-state index in [1.165, 1.54) is 6.42 Å². The first-order chi connectivity index (χ1) is 6.61. The van der Waals surface area contributed by atoms with E-state index in [4.69, 9.17) is 4.74 Å². The van der Waals surface area contributed by atoms with Gasteiger partial charge < -0.3 is 4.74 Å². The normalized spacial score (nSPS) is 28.8. The van der Waals surface area contributed by atoms with E-state index in [9.17, 15) is 4.79 Å². The minimum atomic E-state index is -0.0891. The Balaban J connectivity index is 2.33. The van der Waals surface area contributed by atoms with E-state index in [1.54, 1.807) is 0 Å². The van der Waals surface area contributed by atoms with Crippen molar-refractivity contribution in [3.8, 4) is 0 Å². The fourth-order valence-corrected chi connectivity index (χ4v) is 2.31. The highest BCUT2D eigenvalue weighted by atomic mass is 16.5. The molecular formula is C11H21NO2. The molecule has 14 heavy (non-hydrogen) atoms. The predicted molar refractivity (Wildman–Crippen MR) is 56.0 cm³/mol. The average Bonchev–Trinajstić information content (AvgIpc) is 2.01. The second-order valence-corrected chi connectivity index (χ2v) is 4.45. The topological polar surface area (TPSA) is 29.5 Å². The van der Waals surface area contributed by atoms with Crippen molar-refractivity contribution in [1.82, 2.24) is 4.90 Å².